The largest absolute Gasteiger partial charge is 0.480 e. The van der Waals surface area contributed by atoms with Crippen LogP contribution in [-0.2, 0) is 25.6 Å². The minimum Gasteiger partial charge on any atom is -0.480 e. The molecule has 1 aromatic carbocycles. The Hall–Kier alpha value is -2.63. The third kappa shape index (κ3) is 10.1. The molecule has 0 radical (unpaired) electrons. The normalized spacial score (nSPS) is 14.5. The summed E-state index contributed by atoms with van der Waals surface area (Å²) in [5.74, 6) is -3.06. The first-order chi connectivity index (χ1) is 16.1. The van der Waals surface area contributed by atoms with Gasteiger partial charge in [-0.15, -0.1) is 0 Å². The summed E-state index contributed by atoms with van der Waals surface area (Å²) >= 11 is 4.00. The van der Waals surface area contributed by atoms with Crippen molar-refractivity contribution in [1.29, 1.82) is 0 Å². The van der Waals surface area contributed by atoms with Gasteiger partial charge in [0.1, 0.15) is 18.1 Å². The van der Waals surface area contributed by atoms with Gasteiger partial charge < -0.3 is 32.5 Å². The van der Waals surface area contributed by atoms with Crippen LogP contribution in [-0.4, -0.2) is 65.3 Å². The highest BCUT2D eigenvalue weighted by molar-refractivity contribution is 7.80. The molecule has 10 nitrogen and oxygen atoms in total. The molecule has 34 heavy (non-hydrogen) atoms. The lowest BCUT2D eigenvalue weighted by Crippen LogP contribution is -2.58. The molecule has 3 amide bonds. The lowest BCUT2D eigenvalue weighted by atomic mass is 10.0. The molecule has 0 aliphatic carbocycles. The fourth-order valence-electron chi connectivity index (χ4n) is 3.22. The number of thiol groups is 1. The number of benzene rings is 1. The van der Waals surface area contributed by atoms with E-state index in [1.807, 2.05) is 6.07 Å². The molecule has 0 aliphatic heterocycles. The van der Waals surface area contributed by atoms with Crippen LogP contribution in [0.5, 0.6) is 0 Å². The summed E-state index contributed by atoms with van der Waals surface area (Å²) in [5.41, 5.74) is 12.0. The van der Waals surface area contributed by atoms with E-state index in [1.54, 1.807) is 38.1 Å². The first kappa shape index (κ1) is 29.4. The minimum atomic E-state index is -1.18. The Morgan fingerprint density at radius 3 is 2.09 bits per heavy atom. The number of carboxylic acid groups (broad SMARTS) is 1. The van der Waals surface area contributed by atoms with Gasteiger partial charge in [0.15, 0.2) is 0 Å². The fourth-order valence-corrected chi connectivity index (χ4v) is 3.39. The van der Waals surface area contributed by atoms with Crippen molar-refractivity contribution in [3.63, 3.8) is 0 Å². The van der Waals surface area contributed by atoms with Crippen molar-refractivity contribution in [3.8, 4) is 0 Å². The summed E-state index contributed by atoms with van der Waals surface area (Å²) in [6, 6.07) is 4.96. The van der Waals surface area contributed by atoms with E-state index < -0.39 is 47.9 Å². The average Bonchev–Trinajstić information content (AvgIpc) is 2.80. The van der Waals surface area contributed by atoms with E-state index in [4.69, 9.17) is 11.5 Å². The molecular weight excluding hydrogens is 458 g/mol. The van der Waals surface area contributed by atoms with Crippen molar-refractivity contribution in [3.05, 3.63) is 35.9 Å². The Labute approximate surface area is 206 Å². The van der Waals surface area contributed by atoms with E-state index in [9.17, 15) is 24.3 Å². The van der Waals surface area contributed by atoms with Crippen LogP contribution in [0.3, 0.4) is 0 Å². The van der Waals surface area contributed by atoms with Crippen LogP contribution >= 0.6 is 12.6 Å². The summed E-state index contributed by atoms with van der Waals surface area (Å²) in [5, 5.41) is 17.4. The van der Waals surface area contributed by atoms with Gasteiger partial charge in [0.2, 0.25) is 17.7 Å². The van der Waals surface area contributed by atoms with E-state index in [-0.39, 0.29) is 24.5 Å². The van der Waals surface area contributed by atoms with Crippen molar-refractivity contribution in [2.75, 3.05) is 12.3 Å². The van der Waals surface area contributed by atoms with Gasteiger partial charge in [-0.1, -0.05) is 44.2 Å². The Bertz CT molecular complexity index is 808. The van der Waals surface area contributed by atoms with E-state index in [0.717, 1.165) is 5.56 Å². The second-order valence-electron chi connectivity index (χ2n) is 8.45. The number of carbonyl (C=O) groups is 4. The van der Waals surface area contributed by atoms with Gasteiger partial charge in [-0.3, -0.25) is 14.4 Å². The zero-order chi connectivity index (χ0) is 25.7. The molecular formula is C23H37N5O5S. The zero-order valence-electron chi connectivity index (χ0n) is 19.7. The predicted octanol–water partition coefficient (Wildman–Crippen LogP) is -0.190. The minimum absolute atomic E-state index is 0.0949. The van der Waals surface area contributed by atoms with Crippen LogP contribution < -0.4 is 27.4 Å². The fraction of sp³-hybridized carbons (Fsp3) is 0.565. The van der Waals surface area contributed by atoms with Crippen molar-refractivity contribution in [2.24, 2.45) is 17.4 Å². The van der Waals surface area contributed by atoms with Gasteiger partial charge in [-0.25, -0.2) is 4.79 Å². The van der Waals surface area contributed by atoms with Gasteiger partial charge in [-0.2, -0.15) is 12.6 Å². The summed E-state index contributed by atoms with van der Waals surface area (Å²) < 4.78 is 0. The van der Waals surface area contributed by atoms with Crippen LogP contribution in [0.1, 0.15) is 38.7 Å². The van der Waals surface area contributed by atoms with Crippen molar-refractivity contribution in [1.82, 2.24) is 16.0 Å². The topological polar surface area (TPSA) is 177 Å². The van der Waals surface area contributed by atoms with Gasteiger partial charge in [0, 0.05) is 12.2 Å². The first-order valence-corrected chi connectivity index (χ1v) is 12.0. The van der Waals surface area contributed by atoms with Crippen molar-refractivity contribution < 1.29 is 24.3 Å². The number of carbonyl (C=O) groups excluding carboxylic acids is 3. The highest BCUT2D eigenvalue weighted by atomic mass is 32.1. The molecule has 0 saturated heterocycles. The molecule has 4 unspecified atom stereocenters. The Morgan fingerprint density at radius 1 is 0.941 bits per heavy atom. The molecule has 0 spiro atoms. The summed E-state index contributed by atoms with van der Waals surface area (Å²) in [6.45, 7) is 3.92. The summed E-state index contributed by atoms with van der Waals surface area (Å²) in [7, 11) is 0. The number of unbranched alkanes of at least 4 members (excludes halogenated alkanes) is 1. The number of aliphatic carboxylic acids is 1. The third-order valence-electron chi connectivity index (χ3n) is 5.26. The standard InChI is InChI=1S/C23H37N5O5S/c1-14(2)19(28-20(29)16(25)13-34)22(31)26-17(10-6-7-11-24)21(30)27-18(23(32)33)12-15-8-4-3-5-9-15/h3-5,8-9,14,16-19,34H,6-7,10-13,24-25H2,1-2H3,(H,26,31)(H,27,30)(H,28,29)(H,32,33). The SMILES string of the molecule is CC(C)C(NC(=O)C(N)CS)C(=O)NC(CCCCN)C(=O)NC(Cc1ccccc1)C(=O)O. The molecule has 0 fully saturated rings. The summed E-state index contributed by atoms with van der Waals surface area (Å²) in [6.07, 6.45) is 1.54. The smallest absolute Gasteiger partial charge is 0.326 e. The van der Waals surface area contributed by atoms with Gasteiger partial charge in [0.05, 0.1) is 6.04 Å². The van der Waals surface area contributed by atoms with Gasteiger partial charge in [-0.05, 0) is 37.3 Å². The second kappa shape index (κ2) is 15.3. The van der Waals surface area contributed by atoms with Gasteiger partial charge >= 0.3 is 5.97 Å². The number of nitrogens with one attached hydrogen (secondary N) is 3. The molecule has 0 saturated carbocycles. The molecule has 0 heterocycles. The Kier molecular flexibility index (Phi) is 13.2. The monoisotopic (exact) mass is 495 g/mol. The number of rotatable bonds is 15. The van der Waals surface area contributed by atoms with Crippen molar-refractivity contribution in [2.45, 2.75) is 63.7 Å². The second-order valence-corrected chi connectivity index (χ2v) is 8.82. The molecule has 1 rings (SSSR count). The number of hydrogen-bond donors (Lipinski definition) is 7. The maximum Gasteiger partial charge on any atom is 0.326 e. The highest BCUT2D eigenvalue weighted by Gasteiger charge is 2.31. The predicted molar refractivity (Wildman–Crippen MR) is 133 cm³/mol. The number of carboxylic acids is 1. The quantitative estimate of drug-likeness (QED) is 0.130. The van der Waals surface area contributed by atoms with Crippen LogP contribution in [0, 0.1) is 5.92 Å². The van der Waals surface area contributed by atoms with Crippen LogP contribution in [0.25, 0.3) is 0 Å². The average molecular weight is 496 g/mol. The first-order valence-electron chi connectivity index (χ1n) is 11.3. The Balaban J connectivity index is 2.97. The third-order valence-corrected chi connectivity index (χ3v) is 5.65. The molecule has 0 bridgehead atoms. The lowest BCUT2D eigenvalue weighted by Gasteiger charge is -2.27. The molecule has 11 heteroatoms. The molecule has 1 aromatic rings. The van der Waals surface area contributed by atoms with E-state index in [0.29, 0.717) is 19.4 Å². The maximum absolute atomic E-state index is 13.0. The molecule has 190 valence electrons. The van der Waals surface area contributed by atoms with Crippen LogP contribution in [0.2, 0.25) is 0 Å². The number of amides is 3. The van der Waals surface area contributed by atoms with E-state index >= 15 is 0 Å². The van der Waals surface area contributed by atoms with E-state index in [2.05, 4.69) is 28.6 Å². The molecule has 0 aromatic heterocycles. The van der Waals surface area contributed by atoms with Crippen LogP contribution in [0.4, 0.5) is 0 Å². The molecule has 4 atom stereocenters. The Morgan fingerprint density at radius 2 is 1.56 bits per heavy atom. The van der Waals surface area contributed by atoms with Crippen molar-refractivity contribution >= 4 is 36.3 Å². The van der Waals surface area contributed by atoms with Crippen LogP contribution in [0.15, 0.2) is 30.3 Å². The number of nitrogens with two attached hydrogens (primary N) is 2. The summed E-state index contributed by atoms with van der Waals surface area (Å²) in [4.78, 5) is 50.0. The lowest BCUT2D eigenvalue weighted by molar-refractivity contribution is -0.142. The van der Waals surface area contributed by atoms with Gasteiger partial charge in [0.25, 0.3) is 0 Å². The molecule has 0 aliphatic rings. The van der Waals surface area contributed by atoms with E-state index in [1.165, 1.54) is 0 Å². The maximum atomic E-state index is 13.0. The zero-order valence-corrected chi connectivity index (χ0v) is 20.6. The number of hydrogen-bond acceptors (Lipinski definition) is 7. The molecule has 8 N–H and O–H groups in total. The highest BCUT2D eigenvalue weighted by Crippen LogP contribution is 2.08.